The van der Waals surface area contributed by atoms with E-state index in [0.717, 1.165) is 82.8 Å². The van der Waals surface area contributed by atoms with Gasteiger partial charge in [0, 0.05) is 43.9 Å². The van der Waals surface area contributed by atoms with Crippen LogP contribution in [0.2, 0.25) is 0 Å². The normalized spacial score (nSPS) is 11.3. The molecule has 8 aromatic carbocycles. The van der Waals surface area contributed by atoms with Gasteiger partial charge in [0.1, 0.15) is 6.07 Å². The Morgan fingerprint density at radius 1 is 0.417 bits per heavy atom. The molecule has 0 fully saturated rings. The van der Waals surface area contributed by atoms with Crippen LogP contribution in [-0.4, -0.2) is 24.1 Å². The van der Waals surface area contributed by atoms with Crippen molar-refractivity contribution in [2.75, 3.05) is 0 Å². The van der Waals surface area contributed by atoms with Crippen molar-refractivity contribution in [3.8, 4) is 62.7 Å². The molecule has 0 aliphatic carbocycles. The quantitative estimate of drug-likeness (QED) is 0.158. The minimum Gasteiger partial charge on any atom is -0.309 e. The molecule has 0 radical (unpaired) electrons. The first kappa shape index (κ1) is 34.6. The van der Waals surface area contributed by atoms with E-state index in [-0.39, 0.29) is 0 Å². The molecule has 0 atom stereocenters. The van der Waals surface area contributed by atoms with Crippen molar-refractivity contribution in [3.63, 3.8) is 0 Å². The average Bonchev–Trinajstić information content (AvgIpc) is 3.82. The van der Waals surface area contributed by atoms with Gasteiger partial charge in [0.25, 0.3) is 0 Å². The van der Waals surface area contributed by atoms with Crippen LogP contribution >= 0.6 is 0 Å². The van der Waals surface area contributed by atoms with E-state index >= 15 is 0 Å². The SMILES string of the molecule is [C-]#[N+]c1cccc(-c2ccc(-n3c4ccccc4c4cc5c6ccccc6n(-c6ccc(-c7nc(-c8ccccc8)nc(-c8ccccc8)n7)cc6C#N)c5cc43)cc2)c1. The lowest BCUT2D eigenvalue weighted by Gasteiger charge is -2.13. The molecule has 0 saturated heterocycles. The number of benzene rings is 8. The summed E-state index contributed by atoms with van der Waals surface area (Å²) in [6, 6.07) is 65.9. The molecule has 3 heterocycles. The van der Waals surface area contributed by atoms with Crippen LogP contribution in [0.25, 0.3) is 105 Å². The summed E-state index contributed by atoms with van der Waals surface area (Å²) >= 11 is 0. The summed E-state index contributed by atoms with van der Waals surface area (Å²) in [7, 11) is 0. The second-order valence-corrected chi connectivity index (χ2v) is 14.7. The van der Waals surface area contributed by atoms with Crippen LogP contribution in [0, 0.1) is 17.9 Å². The maximum Gasteiger partial charge on any atom is 0.187 e. The number of aromatic nitrogens is 5. The highest BCUT2D eigenvalue weighted by atomic mass is 15.0. The number of hydrogen-bond acceptors (Lipinski definition) is 4. The smallest absolute Gasteiger partial charge is 0.187 e. The summed E-state index contributed by atoms with van der Waals surface area (Å²) in [6.45, 7) is 7.48. The van der Waals surface area contributed by atoms with Gasteiger partial charge in [0.15, 0.2) is 23.2 Å². The van der Waals surface area contributed by atoms with Crippen molar-refractivity contribution < 1.29 is 0 Å². The van der Waals surface area contributed by atoms with Crippen LogP contribution in [0.3, 0.4) is 0 Å². The number of fused-ring (bicyclic) bond motifs is 6. The lowest BCUT2D eigenvalue weighted by atomic mass is 10.0. The Morgan fingerprint density at radius 2 is 0.950 bits per heavy atom. The minimum absolute atomic E-state index is 0.490. The summed E-state index contributed by atoms with van der Waals surface area (Å²) in [4.78, 5) is 18.4. The fraction of sp³-hybridized carbons (Fsp3) is 0. The number of nitrogens with zero attached hydrogens (tertiary/aromatic N) is 7. The van der Waals surface area contributed by atoms with E-state index in [0.29, 0.717) is 28.7 Å². The zero-order chi connectivity index (χ0) is 40.2. The first-order valence-electron chi connectivity index (χ1n) is 19.6. The molecule has 11 aromatic rings. The van der Waals surface area contributed by atoms with Crippen LogP contribution in [0.15, 0.2) is 188 Å². The summed E-state index contributed by atoms with van der Waals surface area (Å²) in [5.74, 6) is 1.62. The largest absolute Gasteiger partial charge is 0.309 e. The first-order valence-corrected chi connectivity index (χ1v) is 19.6. The molecule has 0 saturated carbocycles. The maximum atomic E-state index is 10.9. The topological polar surface area (TPSA) is 76.7 Å². The van der Waals surface area contributed by atoms with Gasteiger partial charge < -0.3 is 9.13 Å². The average molecular weight is 766 g/mol. The van der Waals surface area contributed by atoms with Crippen molar-refractivity contribution in [2.24, 2.45) is 0 Å². The molecular formula is C53H31N7. The Morgan fingerprint density at radius 3 is 1.57 bits per heavy atom. The highest BCUT2D eigenvalue weighted by molar-refractivity contribution is 6.19. The zero-order valence-corrected chi connectivity index (χ0v) is 32.0. The molecule has 0 aliphatic rings. The van der Waals surface area contributed by atoms with Gasteiger partial charge in [-0.15, -0.1) is 0 Å². The summed E-state index contributed by atoms with van der Waals surface area (Å²) < 4.78 is 4.52. The molecule has 0 amide bonds. The minimum atomic E-state index is 0.490. The van der Waals surface area contributed by atoms with Crippen molar-refractivity contribution in [1.29, 1.82) is 5.26 Å². The van der Waals surface area contributed by atoms with E-state index in [1.54, 1.807) is 0 Å². The molecule has 7 heteroatoms. The molecule has 11 rings (SSSR count). The molecular weight excluding hydrogens is 735 g/mol. The molecule has 7 nitrogen and oxygen atoms in total. The molecule has 60 heavy (non-hydrogen) atoms. The van der Waals surface area contributed by atoms with E-state index in [1.165, 1.54) is 0 Å². The monoisotopic (exact) mass is 765 g/mol. The lowest BCUT2D eigenvalue weighted by Crippen LogP contribution is -2.02. The molecule has 0 unspecified atom stereocenters. The molecule has 0 aliphatic heterocycles. The lowest BCUT2D eigenvalue weighted by molar-refractivity contribution is 1.07. The Bertz CT molecular complexity index is 3490. The van der Waals surface area contributed by atoms with Crippen LogP contribution < -0.4 is 0 Å². The predicted molar refractivity (Wildman–Crippen MR) is 241 cm³/mol. The summed E-state index contributed by atoms with van der Waals surface area (Å²) in [6.07, 6.45) is 0. The van der Waals surface area contributed by atoms with Crippen LogP contribution in [-0.2, 0) is 0 Å². The maximum absolute atomic E-state index is 10.9. The highest BCUT2D eigenvalue weighted by Gasteiger charge is 2.21. The molecule has 278 valence electrons. The van der Waals surface area contributed by atoms with E-state index in [2.05, 4.69) is 98.9 Å². The van der Waals surface area contributed by atoms with Gasteiger partial charge in [0.2, 0.25) is 0 Å². The highest BCUT2D eigenvalue weighted by Crippen LogP contribution is 2.41. The van der Waals surface area contributed by atoms with Gasteiger partial charge in [0.05, 0.1) is 39.9 Å². The number of nitriles is 1. The Kier molecular flexibility index (Phi) is 8.11. The predicted octanol–water partition coefficient (Wildman–Crippen LogP) is 13.2. The Labute approximate surface area is 345 Å². The van der Waals surface area contributed by atoms with E-state index in [4.69, 9.17) is 21.5 Å². The van der Waals surface area contributed by atoms with Crippen LogP contribution in [0.1, 0.15) is 5.56 Å². The Hall–Kier alpha value is -8.65. The molecule has 3 aromatic heterocycles. The molecule has 0 spiro atoms. The van der Waals surface area contributed by atoms with E-state index in [1.807, 2.05) is 109 Å². The Balaban J connectivity index is 1.10. The van der Waals surface area contributed by atoms with Gasteiger partial charge in [-0.2, -0.15) is 5.26 Å². The first-order chi connectivity index (χ1) is 29.6. The fourth-order valence-electron chi connectivity index (χ4n) is 8.42. The van der Waals surface area contributed by atoms with Gasteiger partial charge >= 0.3 is 0 Å². The van der Waals surface area contributed by atoms with E-state index < -0.39 is 0 Å². The van der Waals surface area contributed by atoms with Crippen LogP contribution in [0.4, 0.5) is 5.69 Å². The third kappa shape index (κ3) is 5.69. The van der Waals surface area contributed by atoms with Crippen molar-refractivity contribution in [2.45, 2.75) is 0 Å². The second-order valence-electron chi connectivity index (χ2n) is 14.7. The third-order valence-electron chi connectivity index (χ3n) is 11.2. The summed E-state index contributed by atoms with van der Waals surface area (Å²) in [5.41, 5.74) is 11.6. The molecule has 0 N–H and O–H groups in total. The summed E-state index contributed by atoms with van der Waals surface area (Å²) in [5, 5.41) is 15.4. The standard InChI is InChI=1S/C53H31N7/c1-55-40-18-12-17-37(30-40)34-23-26-41(27-24-34)59-47-21-10-8-19-42(47)44-31-45-43-20-9-11-22-48(43)60(50(45)32-49(44)59)46-28-25-38(29-39(46)33-54)53-57-51(35-13-4-2-5-14-35)56-52(58-53)36-15-6-3-7-16-36/h2-32H. The second kappa shape index (κ2) is 14.1. The van der Waals surface area contributed by atoms with Gasteiger partial charge in [-0.05, 0) is 71.8 Å². The van der Waals surface area contributed by atoms with Crippen LogP contribution in [0.5, 0.6) is 0 Å². The molecule has 0 bridgehead atoms. The van der Waals surface area contributed by atoms with Gasteiger partial charge in [-0.3, -0.25) is 0 Å². The number of hydrogen-bond donors (Lipinski definition) is 0. The van der Waals surface area contributed by atoms with Gasteiger partial charge in [-0.1, -0.05) is 127 Å². The zero-order valence-electron chi connectivity index (χ0n) is 32.0. The van der Waals surface area contributed by atoms with Crippen molar-refractivity contribution >= 4 is 49.3 Å². The van der Waals surface area contributed by atoms with Crippen molar-refractivity contribution in [1.82, 2.24) is 24.1 Å². The fourth-order valence-corrected chi connectivity index (χ4v) is 8.42. The number of rotatable bonds is 6. The number of para-hydroxylation sites is 2. The van der Waals surface area contributed by atoms with Gasteiger partial charge in [-0.25, -0.2) is 19.8 Å². The third-order valence-corrected chi connectivity index (χ3v) is 11.2. The van der Waals surface area contributed by atoms with Crippen molar-refractivity contribution in [3.05, 3.63) is 205 Å². The van der Waals surface area contributed by atoms with E-state index in [9.17, 15) is 5.26 Å².